The van der Waals surface area contributed by atoms with Gasteiger partial charge in [-0.15, -0.1) is 0 Å². The lowest BCUT2D eigenvalue weighted by atomic mass is 9.91. The number of benzene rings is 3. The molecule has 1 aromatic heterocycles. The van der Waals surface area contributed by atoms with Crippen molar-refractivity contribution < 1.29 is 29.0 Å². The number of halogens is 1. The Bertz CT molecular complexity index is 1620. The minimum Gasteiger partial charge on any atom is -0.497 e. The van der Waals surface area contributed by atoms with Gasteiger partial charge >= 0.3 is 12.1 Å². The molecule has 0 spiro atoms. The van der Waals surface area contributed by atoms with E-state index < -0.39 is 29.6 Å². The lowest BCUT2D eigenvalue weighted by Crippen LogP contribution is -2.49. The van der Waals surface area contributed by atoms with Crippen molar-refractivity contribution in [2.45, 2.75) is 32.4 Å². The van der Waals surface area contributed by atoms with Crippen LogP contribution >= 0.6 is 11.6 Å². The number of aryl methyl sites for hydroxylation is 1. The molecule has 0 aliphatic heterocycles. The average Bonchev–Trinajstić information content (AvgIpc) is 3.25. The van der Waals surface area contributed by atoms with Gasteiger partial charge in [-0.25, -0.2) is 9.59 Å². The van der Waals surface area contributed by atoms with Crippen LogP contribution < -0.4 is 15.4 Å². The number of carbonyl (C=O) groups is 3. The lowest BCUT2D eigenvalue weighted by Gasteiger charge is -2.27. The van der Waals surface area contributed by atoms with Gasteiger partial charge in [-0.2, -0.15) is 5.10 Å². The molecule has 0 aliphatic carbocycles. The molecule has 218 valence electrons. The molecule has 1 heterocycles. The molecule has 42 heavy (non-hydrogen) atoms. The van der Waals surface area contributed by atoms with Gasteiger partial charge in [-0.05, 0) is 56.7 Å². The van der Waals surface area contributed by atoms with Crippen molar-refractivity contribution in [3.05, 3.63) is 100 Å². The molecular weight excluding hydrogens is 560 g/mol. The lowest BCUT2D eigenvalue weighted by molar-refractivity contribution is -0.144. The second-order valence-electron chi connectivity index (χ2n) is 9.82. The fourth-order valence-electron chi connectivity index (χ4n) is 4.37. The highest BCUT2D eigenvalue weighted by Gasteiger charge is 2.37. The van der Waals surface area contributed by atoms with E-state index in [0.717, 1.165) is 0 Å². The highest BCUT2D eigenvalue weighted by atomic mass is 35.5. The number of carboxylic acid groups (broad SMARTS) is 1. The van der Waals surface area contributed by atoms with Crippen LogP contribution in [0.15, 0.2) is 72.8 Å². The molecule has 3 N–H and O–H groups in total. The van der Waals surface area contributed by atoms with Crippen LogP contribution in [0.2, 0.25) is 5.02 Å². The zero-order valence-electron chi connectivity index (χ0n) is 23.8. The summed E-state index contributed by atoms with van der Waals surface area (Å²) in [6.45, 7) is 4.95. The molecular formula is C31H31ClN4O6. The van der Waals surface area contributed by atoms with Gasteiger partial charge in [-0.3, -0.25) is 14.8 Å². The maximum absolute atomic E-state index is 13.1. The standard InChI is InChI=1S/C31H31ClN4O6/c1-18-26(33-30(40)42-19(2)24-8-6-7-9-25(24)32)27(35-36(18)4)20-10-12-21(13-11-20)28(37)34-31(3,29(38)39)22-14-16-23(41-5)17-15-22/h6-17,19H,1-5H3,(H,33,40)(H,34,37)(H,38,39). The van der Waals surface area contributed by atoms with Gasteiger partial charge in [0.15, 0.2) is 5.54 Å². The monoisotopic (exact) mass is 590 g/mol. The van der Waals surface area contributed by atoms with E-state index in [2.05, 4.69) is 15.7 Å². The third-order valence-corrected chi connectivity index (χ3v) is 7.41. The first-order valence-corrected chi connectivity index (χ1v) is 13.4. The van der Waals surface area contributed by atoms with Gasteiger partial charge in [0.25, 0.3) is 5.91 Å². The van der Waals surface area contributed by atoms with E-state index in [4.69, 9.17) is 21.1 Å². The average molecular weight is 591 g/mol. The number of methoxy groups -OCH3 is 1. The fraction of sp³-hybridized carbons (Fsp3) is 0.226. The number of rotatable bonds is 9. The zero-order chi connectivity index (χ0) is 30.6. The number of nitrogens with zero attached hydrogens (tertiary/aromatic N) is 2. The number of aliphatic carboxylic acids is 1. The second kappa shape index (κ2) is 12.4. The predicted octanol–water partition coefficient (Wildman–Crippen LogP) is 6.10. The highest BCUT2D eigenvalue weighted by molar-refractivity contribution is 6.31. The number of aromatic nitrogens is 2. The summed E-state index contributed by atoms with van der Waals surface area (Å²) < 4.78 is 12.3. The molecule has 2 unspecified atom stereocenters. The summed E-state index contributed by atoms with van der Waals surface area (Å²) in [5.74, 6) is -1.22. The van der Waals surface area contributed by atoms with E-state index in [1.807, 2.05) is 6.07 Å². The molecule has 10 nitrogen and oxygen atoms in total. The Morgan fingerprint density at radius 3 is 2.26 bits per heavy atom. The van der Waals surface area contributed by atoms with Crippen molar-refractivity contribution in [2.75, 3.05) is 12.4 Å². The number of hydrogen-bond acceptors (Lipinski definition) is 6. The van der Waals surface area contributed by atoms with Gasteiger partial charge in [0.05, 0.1) is 18.5 Å². The third kappa shape index (κ3) is 6.23. The summed E-state index contributed by atoms with van der Waals surface area (Å²) >= 11 is 6.24. The SMILES string of the molecule is COc1ccc(C(C)(NC(=O)c2ccc(-c3nn(C)c(C)c3NC(=O)OC(C)c3ccccc3Cl)cc2)C(=O)O)cc1. The first-order valence-electron chi connectivity index (χ1n) is 13.0. The van der Waals surface area contributed by atoms with Crippen molar-refractivity contribution in [1.29, 1.82) is 0 Å². The van der Waals surface area contributed by atoms with Crippen LogP contribution in [0.5, 0.6) is 5.75 Å². The summed E-state index contributed by atoms with van der Waals surface area (Å²) in [5, 5.41) is 20.4. The molecule has 0 saturated carbocycles. The van der Waals surface area contributed by atoms with Crippen LogP contribution in [-0.4, -0.2) is 40.0 Å². The second-order valence-corrected chi connectivity index (χ2v) is 10.2. The maximum Gasteiger partial charge on any atom is 0.412 e. The van der Waals surface area contributed by atoms with Crippen LogP contribution in [0.25, 0.3) is 11.3 Å². The molecule has 0 saturated heterocycles. The van der Waals surface area contributed by atoms with Gasteiger partial charge in [0.1, 0.15) is 17.5 Å². The Morgan fingerprint density at radius 2 is 1.67 bits per heavy atom. The molecule has 2 atom stereocenters. The number of hydrogen-bond donors (Lipinski definition) is 3. The Kier molecular flexibility index (Phi) is 8.87. The van der Waals surface area contributed by atoms with Crippen molar-refractivity contribution in [3.63, 3.8) is 0 Å². The minimum atomic E-state index is -1.68. The smallest absolute Gasteiger partial charge is 0.412 e. The highest BCUT2D eigenvalue weighted by Crippen LogP contribution is 2.32. The van der Waals surface area contributed by atoms with Gasteiger partial charge in [0.2, 0.25) is 0 Å². The summed E-state index contributed by atoms with van der Waals surface area (Å²) in [4.78, 5) is 38.1. The molecule has 0 bridgehead atoms. The quantitative estimate of drug-likeness (QED) is 0.215. The summed E-state index contributed by atoms with van der Waals surface area (Å²) in [6, 6.07) is 20.0. The van der Waals surface area contributed by atoms with Gasteiger partial charge in [-0.1, -0.05) is 54.1 Å². The van der Waals surface area contributed by atoms with Crippen LogP contribution in [-0.2, 0) is 22.1 Å². The van der Waals surface area contributed by atoms with Crippen molar-refractivity contribution in [2.24, 2.45) is 7.05 Å². The molecule has 11 heteroatoms. The van der Waals surface area contributed by atoms with E-state index in [0.29, 0.717) is 44.5 Å². The largest absolute Gasteiger partial charge is 0.497 e. The molecule has 4 rings (SSSR count). The van der Waals surface area contributed by atoms with Gasteiger partial charge < -0.3 is 19.9 Å². The van der Waals surface area contributed by atoms with Crippen molar-refractivity contribution in [1.82, 2.24) is 15.1 Å². The Balaban J connectivity index is 1.52. The minimum absolute atomic E-state index is 0.245. The molecule has 4 aromatic rings. The topological polar surface area (TPSA) is 132 Å². The van der Waals surface area contributed by atoms with Crippen molar-refractivity contribution >= 4 is 35.3 Å². The molecule has 0 fully saturated rings. The predicted molar refractivity (Wildman–Crippen MR) is 159 cm³/mol. The molecule has 2 amide bonds. The number of ether oxygens (including phenoxy) is 2. The van der Waals surface area contributed by atoms with E-state index >= 15 is 0 Å². The molecule has 3 aromatic carbocycles. The molecule has 0 radical (unpaired) electrons. The summed E-state index contributed by atoms with van der Waals surface area (Å²) in [7, 11) is 3.26. The van der Waals surface area contributed by atoms with E-state index in [9.17, 15) is 19.5 Å². The zero-order valence-corrected chi connectivity index (χ0v) is 24.5. The number of carboxylic acids is 1. The Labute approximate surface area is 248 Å². The fourth-order valence-corrected chi connectivity index (χ4v) is 4.66. The van der Waals surface area contributed by atoms with Crippen LogP contribution in [0.3, 0.4) is 0 Å². The first-order chi connectivity index (χ1) is 19.9. The van der Waals surface area contributed by atoms with Crippen molar-refractivity contribution in [3.8, 4) is 17.0 Å². The summed E-state index contributed by atoms with van der Waals surface area (Å²) in [6.07, 6.45) is -1.27. The van der Waals surface area contributed by atoms with Gasteiger partial charge in [0, 0.05) is 28.8 Å². The number of amides is 2. The van der Waals surface area contributed by atoms with Crippen LogP contribution in [0, 0.1) is 6.92 Å². The Hall–Kier alpha value is -4.83. The number of nitrogens with one attached hydrogen (secondary N) is 2. The van der Waals surface area contributed by atoms with E-state index in [-0.39, 0.29) is 5.56 Å². The Morgan fingerprint density at radius 1 is 1.02 bits per heavy atom. The van der Waals surface area contributed by atoms with E-state index in [1.54, 1.807) is 92.3 Å². The van der Waals surface area contributed by atoms with Crippen LogP contribution in [0.4, 0.5) is 10.5 Å². The number of carbonyl (C=O) groups excluding carboxylic acids is 2. The van der Waals surface area contributed by atoms with Crippen LogP contribution in [0.1, 0.15) is 47.1 Å². The first kappa shape index (κ1) is 30.1. The maximum atomic E-state index is 13.1. The van der Waals surface area contributed by atoms with E-state index in [1.165, 1.54) is 14.0 Å². The third-order valence-electron chi connectivity index (χ3n) is 7.07. The summed E-state index contributed by atoms with van der Waals surface area (Å²) in [5.41, 5.74) is 1.86. The normalized spacial score (nSPS) is 13.0. The number of anilines is 1. The molecule has 0 aliphatic rings.